The third-order valence-electron chi connectivity index (χ3n) is 3.85. The third-order valence-corrected chi connectivity index (χ3v) is 3.85. The van der Waals surface area contributed by atoms with Crippen molar-refractivity contribution in [2.24, 2.45) is 0 Å². The van der Waals surface area contributed by atoms with E-state index >= 15 is 0 Å². The van der Waals surface area contributed by atoms with Gasteiger partial charge in [0.1, 0.15) is 6.04 Å². The summed E-state index contributed by atoms with van der Waals surface area (Å²) in [6.07, 6.45) is 8.40. The Hall–Kier alpha value is -1.32. The van der Waals surface area contributed by atoms with Gasteiger partial charge in [-0.3, -0.25) is 9.48 Å². The first-order valence-electron chi connectivity index (χ1n) is 6.86. The standard InChI is InChI=1S/C14H23N3O/c1-11(14(18)16(2)3)17-10-9-13(15-17)12-7-5-4-6-8-12/h9-12H,4-8H2,1-3H3. The Morgan fingerprint density at radius 2 is 2.06 bits per heavy atom. The predicted molar refractivity (Wildman–Crippen MR) is 71.5 cm³/mol. The number of carbonyl (C=O) groups is 1. The zero-order valence-corrected chi connectivity index (χ0v) is 11.6. The summed E-state index contributed by atoms with van der Waals surface area (Å²) in [5.74, 6) is 0.690. The lowest BCUT2D eigenvalue weighted by molar-refractivity contribution is -0.131. The van der Waals surface area contributed by atoms with Crippen molar-refractivity contribution in [3.05, 3.63) is 18.0 Å². The molecule has 0 aromatic carbocycles. The lowest BCUT2D eigenvalue weighted by Gasteiger charge is -2.20. The molecule has 0 radical (unpaired) electrons. The maximum absolute atomic E-state index is 11.9. The Labute approximate surface area is 109 Å². The molecule has 1 aromatic rings. The zero-order valence-electron chi connectivity index (χ0n) is 11.6. The van der Waals surface area contributed by atoms with Crippen LogP contribution in [0.15, 0.2) is 12.3 Å². The van der Waals surface area contributed by atoms with Crippen molar-refractivity contribution in [2.75, 3.05) is 14.1 Å². The highest BCUT2D eigenvalue weighted by molar-refractivity contribution is 5.79. The number of carbonyl (C=O) groups excluding carboxylic acids is 1. The molecule has 1 aromatic heterocycles. The second kappa shape index (κ2) is 5.55. The average molecular weight is 249 g/mol. The van der Waals surface area contributed by atoms with Crippen molar-refractivity contribution < 1.29 is 4.79 Å². The molecule has 1 atom stereocenters. The van der Waals surface area contributed by atoms with E-state index in [0.717, 1.165) is 5.69 Å². The number of rotatable bonds is 3. The van der Waals surface area contributed by atoms with Gasteiger partial charge in [-0.05, 0) is 25.8 Å². The second-order valence-electron chi connectivity index (χ2n) is 5.46. The van der Waals surface area contributed by atoms with E-state index in [-0.39, 0.29) is 11.9 Å². The summed E-state index contributed by atoms with van der Waals surface area (Å²) in [6.45, 7) is 1.90. The minimum atomic E-state index is -0.211. The van der Waals surface area contributed by atoms with Crippen molar-refractivity contribution in [1.82, 2.24) is 14.7 Å². The molecular formula is C14H23N3O. The van der Waals surface area contributed by atoms with Gasteiger partial charge in [-0.15, -0.1) is 0 Å². The summed E-state index contributed by atoms with van der Waals surface area (Å²) in [5, 5.41) is 4.61. The molecule has 0 aliphatic heterocycles. The fraction of sp³-hybridized carbons (Fsp3) is 0.714. The predicted octanol–water partition coefficient (Wildman–Crippen LogP) is 2.58. The van der Waals surface area contributed by atoms with Gasteiger partial charge in [0.2, 0.25) is 5.91 Å². The molecule has 0 bridgehead atoms. The first-order valence-corrected chi connectivity index (χ1v) is 6.86. The van der Waals surface area contributed by atoms with Crippen LogP contribution in [0.5, 0.6) is 0 Å². The van der Waals surface area contributed by atoms with Gasteiger partial charge in [-0.1, -0.05) is 19.3 Å². The van der Waals surface area contributed by atoms with Gasteiger partial charge >= 0.3 is 0 Å². The topological polar surface area (TPSA) is 38.1 Å². The normalized spacial score (nSPS) is 18.6. The summed E-state index contributed by atoms with van der Waals surface area (Å²) in [4.78, 5) is 13.5. The van der Waals surface area contributed by atoms with Crippen LogP contribution in [-0.2, 0) is 4.79 Å². The summed E-state index contributed by atoms with van der Waals surface area (Å²) >= 11 is 0. The fourth-order valence-corrected chi connectivity index (χ4v) is 2.67. The van der Waals surface area contributed by atoms with Gasteiger partial charge < -0.3 is 4.90 Å². The quantitative estimate of drug-likeness (QED) is 0.825. The number of likely N-dealkylation sites (N-methyl/N-ethyl adjacent to an activating group) is 1. The van der Waals surface area contributed by atoms with Crippen LogP contribution in [0.1, 0.15) is 56.7 Å². The van der Waals surface area contributed by atoms with Gasteiger partial charge in [0.15, 0.2) is 0 Å². The highest BCUT2D eigenvalue weighted by Gasteiger charge is 2.21. The van der Waals surface area contributed by atoms with E-state index < -0.39 is 0 Å². The molecule has 1 amide bonds. The van der Waals surface area contributed by atoms with Gasteiger partial charge in [0.05, 0.1) is 5.69 Å². The molecule has 4 nitrogen and oxygen atoms in total. The van der Waals surface area contributed by atoms with Crippen molar-refractivity contribution in [2.45, 2.75) is 51.0 Å². The lowest BCUT2D eigenvalue weighted by Crippen LogP contribution is -2.30. The molecule has 1 unspecified atom stereocenters. The van der Waals surface area contributed by atoms with Crippen molar-refractivity contribution in [3.63, 3.8) is 0 Å². The molecule has 1 heterocycles. The van der Waals surface area contributed by atoms with E-state index in [1.165, 1.54) is 32.1 Å². The number of nitrogens with zero attached hydrogens (tertiary/aromatic N) is 3. The first kappa shape index (κ1) is 13.1. The Bertz CT molecular complexity index is 405. The van der Waals surface area contributed by atoms with Crippen LogP contribution < -0.4 is 0 Å². The molecule has 2 rings (SSSR count). The van der Waals surface area contributed by atoms with E-state index in [2.05, 4.69) is 11.2 Å². The van der Waals surface area contributed by atoms with E-state index in [1.807, 2.05) is 13.1 Å². The third kappa shape index (κ3) is 2.74. The molecule has 18 heavy (non-hydrogen) atoms. The van der Waals surface area contributed by atoms with Crippen molar-refractivity contribution in [1.29, 1.82) is 0 Å². The highest BCUT2D eigenvalue weighted by atomic mass is 16.2. The van der Waals surface area contributed by atoms with Gasteiger partial charge in [-0.25, -0.2) is 0 Å². The summed E-state index contributed by atoms with van der Waals surface area (Å²) in [5.41, 5.74) is 1.16. The minimum Gasteiger partial charge on any atom is -0.347 e. The van der Waals surface area contributed by atoms with Crippen LogP contribution in [0, 0.1) is 0 Å². The number of hydrogen-bond acceptors (Lipinski definition) is 2. The Kier molecular flexibility index (Phi) is 4.04. The monoisotopic (exact) mass is 249 g/mol. The molecule has 4 heteroatoms. The molecular weight excluding hydrogens is 226 g/mol. The summed E-state index contributed by atoms with van der Waals surface area (Å²) < 4.78 is 1.80. The van der Waals surface area contributed by atoms with Crippen molar-refractivity contribution in [3.8, 4) is 0 Å². The maximum Gasteiger partial charge on any atom is 0.246 e. The van der Waals surface area contributed by atoms with Crippen LogP contribution in [0.25, 0.3) is 0 Å². The van der Waals surface area contributed by atoms with Gasteiger partial charge in [0.25, 0.3) is 0 Å². The average Bonchev–Trinajstić information content (AvgIpc) is 2.87. The zero-order chi connectivity index (χ0) is 13.1. The van der Waals surface area contributed by atoms with E-state index in [9.17, 15) is 4.79 Å². The van der Waals surface area contributed by atoms with E-state index in [1.54, 1.807) is 23.7 Å². The Morgan fingerprint density at radius 3 is 2.67 bits per heavy atom. The number of aromatic nitrogens is 2. The lowest BCUT2D eigenvalue weighted by atomic mass is 9.87. The minimum absolute atomic E-state index is 0.0910. The molecule has 1 aliphatic rings. The smallest absolute Gasteiger partial charge is 0.246 e. The molecule has 1 saturated carbocycles. The van der Waals surface area contributed by atoms with Crippen LogP contribution >= 0.6 is 0 Å². The Balaban J connectivity index is 2.07. The molecule has 100 valence electrons. The molecule has 0 N–H and O–H groups in total. The largest absolute Gasteiger partial charge is 0.347 e. The fourth-order valence-electron chi connectivity index (χ4n) is 2.67. The SMILES string of the molecule is CC(C(=O)N(C)C)n1ccc(C2CCCCC2)n1. The molecule has 0 saturated heterocycles. The molecule has 1 fully saturated rings. The van der Waals surface area contributed by atoms with E-state index in [0.29, 0.717) is 5.92 Å². The maximum atomic E-state index is 11.9. The number of hydrogen-bond donors (Lipinski definition) is 0. The van der Waals surface area contributed by atoms with Crippen LogP contribution in [0.3, 0.4) is 0 Å². The van der Waals surface area contributed by atoms with Crippen molar-refractivity contribution >= 4 is 5.91 Å². The van der Waals surface area contributed by atoms with Gasteiger partial charge in [-0.2, -0.15) is 5.10 Å². The number of amides is 1. The van der Waals surface area contributed by atoms with E-state index in [4.69, 9.17) is 0 Å². The molecule has 1 aliphatic carbocycles. The first-order chi connectivity index (χ1) is 8.59. The Morgan fingerprint density at radius 1 is 1.39 bits per heavy atom. The molecule has 0 spiro atoms. The second-order valence-corrected chi connectivity index (χ2v) is 5.46. The summed E-state index contributed by atoms with van der Waals surface area (Å²) in [7, 11) is 3.56. The van der Waals surface area contributed by atoms with Gasteiger partial charge in [0, 0.05) is 26.2 Å². The van der Waals surface area contributed by atoms with Crippen LogP contribution in [-0.4, -0.2) is 34.7 Å². The van der Waals surface area contributed by atoms with Crippen LogP contribution in [0.4, 0.5) is 0 Å². The highest BCUT2D eigenvalue weighted by Crippen LogP contribution is 2.31. The summed E-state index contributed by atoms with van der Waals surface area (Å²) in [6, 6.07) is 1.87. The van der Waals surface area contributed by atoms with Crippen LogP contribution in [0.2, 0.25) is 0 Å².